The molecule has 0 aliphatic carbocycles. The molecule has 0 aromatic carbocycles. The molecule has 0 saturated carbocycles. The first kappa shape index (κ1) is 12.7. The molecule has 94 valence electrons. The minimum Gasteiger partial charge on any atom is -0.349 e. The molecule has 2 heterocycles. The number of likely N-dealkylation sites (N-methyl/N-ethyl adjacent to an activating group) is 1. The standard InChI is InChI=1S/C13H15N3OS/c1-9-11(7-12(17)16(2)3)18-13(15-9)10-5-4-6-14-8-10/h4-6,8H,7H2,1-3H3. The van der Waals surface area contributed by atoms with Crippen molar-refractivity contribution in [2.24, 2.45) is 0 Å². The normalized spacial score (nSPS) is 10.4. The van der Waals surface area contributed by atoms with E-state index in [-0.39, 0.29) is 5.91 Å². The van der Waals surface area contributed by atoms with Gasteiger partial charge in [-0.2, -0.15) is 0 Å². The van der Waals surface area contributed by atoms with Crippen molar-refractivity contribution >= 4 is 17.2 Å². The van der Waals surface area contributed by atoms with Crippen molar-refractivity contribution in [3.63, 3.8) is 0 Å². The summed E-state index contributed by atoms with van der Waals surface area (Å²) in [6, 6.07) is 3.86. The van der Waals surface area contributed by atoms with Crippen LogP contribution in [-0.4, -0.2) is 34.9 Å². The maximum atomic E-state index is 11.7. The number of hydrogen-bond acceptors (Lipinski definition) is 4. The molecule has 0 atom stereocenters. The fraction of sp³-hybridized carbons (Fsp3) is 0.308. The predicted octanol–water partition coefficient (Wildman–Crippen LogP) is 2.14. The molecular formula is C13H15N3OS. The van der Waals surface area contributed by atoms with E-state index < -0.39 is 0 Å². The van der Waals surface area contributed by atoms with E-state index in [9.17, 15) is 4.79 Å². The lowest BCUT2D eigenvalue weighted by molar-refractivity contribution is -0.127. The second-order valence-corrected chi connectivity index (χ2v) is 5.32. The van der Waals surface area contributed by atoms with Crippen molar-refractivity contribution in [1.82, 2.24) is 14.9 Å². The molecule has 0 fully saturated rings. The first-order chi connectivity index (χ1) is 8.58. The third kappa shape index (κ3) is 2.73. The Bertz CT molecular complexity index is 549. The summed E-state index contributed by atoms with van der Waals surface area (Å²) in [5.41, 5.74) is 1.92. The van der Waals surface area contributed by atoms with Gasteiger partial charge < -0.3 is 4.90 Å². The molecule has 18 heavy (non-hydrogen) atoms. The number of nitrogens with zero attached hydrogens (tertiary/aromatic N) is 3. The zero-order chi connectivity index (χ0) is 13.1. The van der Waals surface area contributed by atoms with Gasteiger partial charge in [-0.25, -0.2) is 4.98 Å². The Morgan fingerprint density at radius 1 is 1.44 bits per heavy atom. The number of rotatable bonds is 3. The lowest BCUT2D eigenvalue weighted by atomic mass is 10.3. The van der Waals surface area contributed by atoms with Gasteiger partial charge in [-0.3, -0.25) is 9.78 Å². The van der Waals surface area contributed by atoms with Gasteiger partial charge in [-0.1, -0.05) is 0 Å². The third-order valence-electron chi connectivity index (χ3n) is 2.61. The van der Waals surface area contributed by atoms with E-state index in [0.717, 1.165) is 21.1 Å². The highest BCUT2D eigenvalue weighted by atomic mass is 32.1. The highest BCUT2D eigenvalue weighted by Gasteiger charge is 2.13. The maximum Gasteiger partial charge on any atom is 0.227 e. The Kier molecular flexibility index (Phi) is 3.72. The molecule has 0 aliphatic heterocycles. The first-order valence-electron chi connectivity index (χ1n) is 5.65. The van der Waals surface area contributed by atoms with Gasteiger partial charge in [0.15, 0.2) is 0 Å². The highest BCUT2D eigenvalue weighted by Crippen LogP contribution is 2.27. The van der Waals surface area contributed by atoms with Gasteiger partial charge in [0.1, 0.15) is 5.01 Å². The minimum atomic E-state index is 0.0967. The number of hydrogen-bond donors (Lipinski definition) is 0. The average molecular weight is 261 g/mol. The van der Waals surface area contributed by atoms with Crippen LogP contribution in [0.15, 0.2) is 24.5 Å². The van der Waals surface area contributed by atoms with Crippen LogP contribution in [0.1, 0.15) is 10.6 Å². The van der Waals surface area contributed by atoms with E-state index in [4.69, 9.17) is 0 Å². The van der Waals surface area contributed by atoms with Gasteiger partial charge >= 0.3 is 0 Å². The van der Waals surface area contributed by atoms with Gasteiger partial charge in [0.05, 0.1) is 12.1 Å². The molecule has 0 aliphatic rings. The van der Waals surface area contributed by atoms with Gasteiger partial charge in [0.25, 0.3) is 0 Å². The molecular weight excluding hydrogens is 246 g/mol. The average Bonchev–Trinajstić information content (AvgIpc) is 2.72. The quantitative estimate of drug-likeness (QED) is 0.850. The number of carbonyl (C=O) groups excluding carboxylic acids is 1. The Morgan fingerprint density at radius 3 is 2.83 bits per heavy atom. The van der Waals surface area contributed by atoms with Gasteiger partial charge in [0.2, 0.25) is 5.91 Å². The fourth-order valence-electron chi connectivity index (χ4n) is 1.50. The van der Waals surface area contributed by atoms with Gasteiger partial charge in [-0.15, -0.1) is 11.3 Å². The van der Waals surface area contributed by atoms with E-state index in [2.05, 4.69) is 9.97 Å². The van der Waals surface area contributed by atoms with Crippen LogP contribution in [0, 0.1) is 6.92 Å². The summed E-state index contributed by atoms with van der Waals surface area (Å²) in [7, 11) is 3.53. The summed E-state index contributed by atoms with van der Waals surface area (Å²) in [5, 5.41) is 0.919. The van der Waals surface area contributed by atoms with Gasteiger partial charge in [0, 0.05) is 36.9 Å². The number of carbonyl (C=O) groups is 1. The molecule has 0 N–H and O–H groups in total. The Labute approximate surface area is 110 Å². The van der Waals surface area contributed by atoms with Crippen molar-refractivity contribution in [3.8, 4) is 10.6 Å². The van der Waals surface area contributed by atoms with E-state index in [1.807, 2.05) is 19.1 Å². The topological polar surface area (TPSA) is 46.1 Å². The van der Waals surface area contributed by atoms with Crippen LogP contribution in [0.4, 0.5) is 0 Å². The predicted molar refractivity (Wildman–Crippen MR) is 72.5 cm³/mol. The van der Waals surface area contributed by atoms with Crippen molar-refractivity contribution in [3.05, 3.63) is 35.1 Å². The summed E-state index contributed by atoms with van der Waals surface area (Å²) in [6.45, 7) is 1.94. The maximum absolute atomic E-state index is 11.7. The van der Waals surface area contributed by atoms with Gasteiger partial charge in [-0.05, 0) is 19.1 Å². The molecule has 0 saturated heterocycles. The second-order valence-electron chi connectivity index (χ2n) is 4.23. The molecule has 0 spiro atoms. The number of aromatic nitrogens is 2. The number of pyridine rings is 1. The molecule has 2 rings (SSSR count). The van der Waals surface area contributed by atoms with Crippen molar-refractivity contribution in [2.45, 2.75) is 13.3 Å². The largest absolute Gasteiger partial charge is 0.349 e. The summed E-state index contributed by atoms with van der Waals surface area (Å²) in [6.07, 6.45) is 3.94. The molecule has 4 nitrogen and oxygen atoms in total. The van der Waals surface area contributed by atoms with E-state index >= 15 is 0 Å². The van der Waals surface area contributed by atoms with Crippen molar-refractivity contribution in [2.75, 3.05) is 14.1 Å². The molecule has 0 unspecified atom stereocenters. The first-order valence-corrected chi connectivity index (χ1v) is 6.46. The minimum absolute atomic E-state index is 0.0967. The summed E-state index contributed by atoms with van der Waals surface area (Å²) >= 11 is 1.56. The Morgan fingerprint density at radius 2 is 2.22 bits per heavy atom. The smallest absolute Gasteiger partial charge is 0.227 e. The van der Waals surface area contributed by atoms with Crippen molar-refractivity contribution in [1.29, 1.82) is 0 Å². The van der Waals surface area contributed by atoms with Crippen molar-refractivity contribution < 1.29 is 4.79 Å². The SMILES string of the molecule is Cc1nc(-c2cccnc2)sc1CC(=O)N(C)C. The number of thiazole rings is 1. The molecule has 0 bridgehead atoms. The molecule has 0 radical (unpaired) electrons. The number of amides is 1. The molecule has 2 aromatic rings. The van der Waals surface area contributed by atoms with E-state index in [1.54, 1.807) is 42.7 Å². The lowest BCUT2D eigenvalue weighted by Crippen LogP contribution is -2.23. The zero-order valence-corrected chi connectivity index (χ0v) is 11.5. The molecule has 2 aromatic heterocycles. The fourth-order valence-corrected chi connectivity index (χ4v) is 2.54. The van der Waals surface area contributed by atoms with Crippen LogP contribution in [0.25, 0.3) is 10.6 Å². The van der Waals surface area contributed by atoms with Crippen LogP contribution < -0.4 is 0 Å². The zero-order valence-electron chi connectivity index (χ0n) is 10.7. The second kappa shape index (κ2) is 5.27. The summed E-state index contributed by atoms with van der Waals surface area (Å²) in [5.74, 6) is 0.0967. The van der Waals surface area contributed by atoms with Crippen LogP contribution in [0.3, 0.4) is 0 Å². The van der Waals surface area contributed by atoms with Crippen LogP contribution in [0.2, 0.25) is 0 Å². The Hall–Kier alpha value is -1.75. The third-order valence-corrected chi connectivity index (χ3v) is 3.82. The van der Waals surface area contributed by atoms with Crippen LogP contribution >= 0.6 is 11.3 Å². The molecule has 1 amide bonds. The molecule has 5 heteroatoms. The monoisotopic (exact) mass is 261 g/mol. The summed E-state index contributed by atoms with van der Waals surface area (Å²) < 4.78 is 0. The highest BCUT2D eigenvalue weighted by molar-refractivity contribution is 7.15. The van der Waals surface area contributed by atoms with E-state index in [1.165, 1.54) is 0 Å². The lowest BCUT2D eigenvalue weighted by Gasteiger charge is -2.08. The summed E-state index contributed by atoms with van der Waals surface area (Å²) in [4.78, 5) is 22.9. The van der Waals surface area contributed by atoms with E-state index in [0.29, 0.717) is 6.42 Å². The Balaban J connectivity index is 2.25. The van der Waals surface area contributed by atoms with Crippen LogP contribution in [-0.2, 0) is 11.2 Å². The number of aryl methyl sites for hydroxylation is 1. The van der Waals surface area contributed by atoms with Crippen LogP contribution in [0.5, 0.6) is 0 Å².